The molecule has 176 valence electrons. The molecule has 0 radical (unpaired) electrons. The Bertz CT molecular complexity index is 860. The van der Waals surface area contributed by atoms with E-state index >= 15 is 0 Å². The van der Waals surface area contributed by atoms with Gasteiger partial charge in [-0.2, -0.15) is 5.06 Å². The molecule has 1 aromatic rings. The third-order valence-corrected chi connectivity index (χ3v) is 5.63. The van der Waals surface area contributed by atoms with Crippen molar-refractivity contribution in [2.45, 2.75) is 50.3 Å². The molecule has 1 saturated heterocycles. The van der Waals surface area contributed by atoms with Crippen LogP contribution < -0.4 is 5.32 Å². The Hall–Kier alpha value is -2.91. The average molecular weight is 491 g/mol. The molecule has 2 rings (SSSR count). The lowest BCUT2D eigenvalue weighted by atomic mass is 10.2. The van der Waals surface area contributed by atoms with Crippen LogP contribution in [-0.2, 0) is 19.1 Å². The Labute approximate surface area is 190 Å². The first-order valence-electron chi connectivity index (χ1n) is 8.97. The Morgan fingerprint density at radius 2 is 1.94 bits per heavy atom. The number of hydroxylamine groups is 2. The summed E-state index contributed by atoms with van der Waals surface area (Å²) in [6.45, 7) is 4.98. The zero-order valence-corrected chi connectivity index (χ0v) is 19.0. The van der Waals surface area contributed by atoms with E-state index in [9.17, 15) is 29.3 Å². The van der Waals surface area contributed by atoms with Gasteiger partial charge in [-0.25, -0.2) is 14.6 Å². The first kappa shape index (κ1) is 27.1. The van der Waals surface area contributed by atoms with Crippen molar-refractivity contribution in [2.24, 2.45) is 0 Å². The topological polar surface area (TPSA) is 189 Å². The van der Waals surface area contributed by atoms with Crippen LogP contribution in [0.1, 0.15) is 33.6 Å². The molecule has 1 aromatic heterocycles. The van der Waals surface area contributed by atoms with Gasteiger partial charge in [-0.3, -0.25) is 24.9 Å². The summed E-state index contributed by atoms with van der Waals surface area (Å²) in [5.41, 5.74) is -0.911. The Kier molecular flexibility index (Phi) is 10.3. The number of hydrogen-bond acceptors (Lipinski definition) is 11. The molecule has 3 amide bonds. The summed E-state index contributed by atoms with van der Waals surface area (Å²) < 4.78 is 5.00. The first-order valence-corrected chi connectivity index (χ1v) is 11.3. The molecule has 1 aliphatic rings. The van der Waals surface area contributed by atoms with Crippen molar-refractivity contribution < 1.29 is 39.2 Å². The van der Waals surface area contributed by atoms with Crippen LogP contribution in [-0.4, -0.2) is 66.6 Å². The maximum atomic E-state index is 11.6. The summed E-state index contributed by atoms with van der Waals surface area (Å²) in [6.07, 6.45) is 0.859. The van der Waals surface area contributed by atoms with Gasteiger partial charge < -0.3 is 15.2 Å². The number of aromatic nitrogens is 1. The summed E-state index contributed by atoms with van der Waals surface area (Å²) in [4.78, 5) is 57.5. The van der Waals surface area contributed by atoms with Gasteiger partial charge in [-0.1, -0.05) is 10.8 Å². The number of ether oxygens (including phenoxy) is 1. The smallest absolute Gasteiger partial charge is 0.408 e. The molecule has 0 aromatic carbocycles. The third kappa shape index (κ3) is 9.49. The molecule has 0 aliphatic carbocycles. The van der Waals surface area contributed by atoms with Crippen LogP contribution in [0.15, 0.2) is 23.4 Å². The van der Waals surface area contributed by atoms with E-state index in [0.717, 1.165) is 21.6 Å². The van der Waals surface area contributed by atoms with Crippen LogP contribution in [0.3, 0.4) is 0 Å². The fraction of sp³-hybridized carbons (Fsp3) is 0.471. The molecule has 15 heteroatoms. The van der Waals surface area contributed by atoms with Crippen molar-refractivity contribution in [3.63, 3.8) is 0 Å². The van der Waals surface area contributed by atoms with Crippen molar-refractivity contribution in [3.8, 4) is 0 Å². The maximum Gasteiger partial charge on any atom is 0.408 e. The fourth-order valence-electron chi connectivity index (χ4n) is 1.93. The van der Waals surface area contributed by atoms with Gasteiger partial charge in [0.25, 0.3) is 11.8 Å². The lowest BCUT2D eigenvalue weighted by Crippen LogP contribution is -2.44. The van der Waals surface area contributed by atoms with Gasteiger partial charge in [0.2, 0.25) is 0 Å². The van der Waals surface area contributed by atoms with Crippen molar-refractivity contribution in [1.82, 2.24) is 15.4 Å². The minimum Gasteiger partial charge on any atom is -0.480 e. The van der Waals surface area contributed by atoms with Gasteiger partial charge in [0.1, 0.15) is 11.6 Å². The zero-order chi connectivity index (χ0) is 24.5. The number of amides is 3. The van der Waals surface area contributed by atoms with Gasteiger partial charge in [0.05, 0.1) is 4.92 Å². The fourth-order valence-corrected chi connectivity index (χ4v) is 4.14. The molecule has 1 fully saturated rings. The number of carbonyl (C=O) groups excluding carboxylic acids is 3. The number of imide groups is 1. The molecule has 0 spiro atoms. The van der Waals surface area contributed by atoms with Crippen LogP contribution in [0.2, 0.25) is 0 Å². The highest BCUT2D eigenvalue weighted by Crippen LogP contribution is 2.35. The van der Waals surface area contributed by atoms with E-state index in [0.29, 0.717) is 0 Å². The van der Waals surface area contributed by atoms with E-state index in [1.807, 2.05) is 0 Å². The van der Waals surface area contributed by atoms with Gasteiger partial charge in [-0.15, -0.1) is 0 Å². The number of carboxylic acids is 1. The molecular weight excluding hydrogens is 468 g/mol. The van der Waals surface area contributed by atoms with Gasteiger partial charge >= 0.3 is 17.7 Å². The lowest BCUT2D eigenvalue weighted by Gasteiger charge is -2.21. The molecule has 3 N–H and O–H groups in total. The normalized spacial score (nSPS) is 14.3. The first-order chi connectivity index (χ1) is 14.8. The van der Waals surface area contributed by atoms with Gasteiger partial charge in [0, 0.05) is 30.9 Å². The number of carbonyl (C=O) groups is 4. The average Bonchev–Trinajstić information content (AvgIpc) is 2.97. The van der Waals surface area contributed by atoms with E-state index in [-0.39, 0.29) is 34.4 Å². The van der Waals surface area contributed by atoms with E-state index in [1.54, 1.807) is 20.8 Å². The molecule has 2 heterocycles. The molecule has 13 nitrogen and oxygen atoms in total. The Morgan fingerprint density at radius 3 is 2.38 bits per heavy atom. The number of pyridine rings is 1. The standard InChI is InChI=1S/C13H17N3O6S2.C4H5NO3/c1-13(2,3)22-12(19)15-8(11(17)18)7-23-24-10-9(16(20)21)5-4-6-14-10;6-3-1-2-4(7)5(3)8/h4-6,8H,7H2,1-3H3,(H,15,19)(H,17,18);8H,1-2H2. The molecule has 1 atom stereocenters. The Morgan fingerprint density at radius 1 is 1.34 bits per heavy atom. The zero-order valence-electron chi connectivity index (χ0n) is 17.3. The highest BCUT2D eigenvalue weighted by molar-refractivity contribution is 8.76. The second kappa shape index (κ2) is 12.2. The number of aliphatic carboxylic acids is 1. The van der Waals surface area contributed by atoms with Crippen LogP contribution in [0.4, 0.5) is 10.5 Å². The van der Waals surface area contributed by atoms with Crippen molar-refractivity contribution in [3.05, 3.63) is 28.4 Å². The summed E-state index contributed by atoms with van der Waals surface area (Å²) >= 11 is 0. The van der Waals surface area contributed by atoms with Crippen LogP contribution in [0.25, 0.3) is 0 Å². The van der Waals surface area contributed by atoms with Gasteiger partial charge in [-0.05, 0) is 37.6 Å². The number of hydrogen-bond donors (Lipinski definition) is 3. The number of nitrogens with zero attached hydrogens (tertiary/aromatic N) is 3. The quantitative estimate of drug-likeness (QED) is 0.166. The number of carboxylic acid groups (broad SMARTS) is 1. The van der Waals surface area contributed by atoms with Crippen molar-refractivity contribution in [1.29, 1.82) is 0 Å². The molecule has 32 heavy (non-hydrogen) atoms. The third-order valence-electron chi connectivity index (χ3n) is 3.33. The summed E-state index contributed by atoms with van der Waals surface area (Å²) in [6, 6.07) is 1.56. The predicted octanol–water partition coefficient (Wildman–Crippen LogP) is 2.23. The summed E-state index contributed by atoms with van der Waals surface area (Å²) in [5.74, 6) is -2.26. The highest BCUT2D eigenvalue weighted by atomic mass is 33.1. The SMILES string of the molecule is CC(C)(C)OC(=O)NC(CSSc1ncccc1[N+](=O)[O-])C(=O)O.O=C1CCC(=O)N1O. The second-order valence-electron chi connectivity index (χ2n) is 7.09. The predicted molar refractivity (Wildman–Crippen MR) is 113 cm³/mol. The number of alkyl carbamates (subject to hydrolysis) is 1. The molecule has 1 aliphatic heterocycles. The van der Waals surface area contributed by atoms with E-state index in [2.05, 4.69) is 10.3 Å². The van der Waals surface area contributed by atoms with Crippen LogP contribution in [0.5, 0.6) is 0 Å². The Balaban J connectivity index is 0.000000533. The molecule has 0 bridgehead atoms. The maximum absolute atomic E-state index is 11.6. The second-order valence-corrected chi connectivity index (χ2v) is 9.42. The van der Waals surface area contributed by atoms with Crippen LogP contribution >= 0.6 is 21.6 Å². The molecule has 1 unspecified atom stereocenters. The summed E-state index contributed by atoms with van der Waals surface area (Å²) in [5, 5.41) is 31.0. The van der Waals surface area contributed by atoms with E-state index < -0.39 is 40.4 Å². The van der Waals surface area contributed by atoms with E-state index in [1.165, 1.54) is 18.3 Å². The van der Waals surface area contributed by atoms with Crippen molar-refractivity contribution in [2.75, 3.05) is 5.75 Å². The van der Waals surface area contributed by atoms with Crippen LogP contribution in [0, 0.1) is 10.1 Å². The minimum absolute atomic E-state index is 0.0209. The highest BCUT2D eigenvalue weighted by Gasteiger charge is 2.27. The number of nitrogens with one attached hydrogen (secondary N) is 1. The minimum atomic E-state index is -1.23. The monoisotopic (exact) mass is 490 g/mol. The molecular formula is C17H22N4O9S2. The van der Waals surface area contributed by atoms with E-state index in [4.69, 9.17) is 15.1 Å². The largest absolute Gasteiger partial charge is 0.480 e. The lowest BCUT2D eigenvalue weighted by molar-refractivity contribution is -0.388. The van der Waals surface area contributed by atoms with Gasteiger partial charge in [0.15, 0.2) is 5.03 Å². The number of rotatable bonds is 7. The molecule has 0 saturated carbocycles. The number of nitro groups is 1. The van der Waals surface area contributed by atoms with Crippen molar-refractivity contribution >= 4 is 51.2 Å². The summed E-state index contributed by atoms with van der Waals surface area (Å²) in [7, 11) is 2.00.